The lowest BCUT2D eigenvalue weighted by Crippen LogP contribution is -2.41. The van der Waals surface area contributed by atoms with Gasteiger partial charge < -0.3 is 5.73 Å². The molecule has 0 fully saturated rings. The zero-order chi connectivity index (χ0) is 21.5. The van der Waals surface area contributed by atoms with E-state index in [2.05, 4.69) is 20.2 Å². The Morgan fingerprint density at radius 1 is 1.13 bits per heavy atom. The third kappa shape index (κ3) is 2.88. The minimum atomic E-state index is -1.97. The summed E-state index contributed by atoms with van der Waals surface area (Å²) in [6.45, 7) is -0.899. The van der Waals surface area contributed by atoms with E-state index in [0.717, 1.165) is 11.0 Å². The average molecular weight is 412 g/mol. The molecule has 3 aromatic rings. The Bertz CT molecular complexity index is 1170. The highest BCUT2D eigenvalue weighted by atomic mass is 19.1. The van der Waals surface area contributed by atoms with Crippen molar-refractivity contribution in [3.63, 3.8) is 0 Å². The maximum Gasteiger partial charge on any atom is 0.266 e. The molecule has 1 unspecified atom stereocenters. The summed E-state index contributed by atoms with van der Waals surface area (Å²) in [4.78, 5) is 22.4. The Morgan fingerprint density at radius 3 is 2.57 bits per heavy atom. The van der Waals surface area contributed by atoms with E-state index < -0.39 is 29.8 Å². The van der Waals surface area contributed by atoms with Gasteiger partial charge in [0.2, 0.25) is 0 Å². The van der Waals surface area contributed by atoms with Gasteiger partial charge in [-0.05, 0) is 35.9 Å². The first-order valence-electron chi connectivity index (χ1n) is 8.81. The molecule has 1 aliphatic heterocycles. The molecule has 1 amide bonds. The van der Waals surface area contributed by atoms with E-state index in [1.54, 1.807) is 6.07 Å². The number of nitrogens with two attached hydrogens (primary N) is 1. The van der Waals surface area contributed by atoms with Gasteiger partial charge in [0.15, 0.2) is 11.5 Å². The Balaban J connectivity index is 2.03. The van der Waals surface area contributed by atoms with Crippen LogP contribution in [0.2, 0.25) is 0 Å². The molecule has 0 saturated carbocycles. The van der Waals surface area contributed by atoms with Crippen molar-refractivity contribution in [1.82, 2.24) is 20.1 Å². The number of aromatic nitrogens is 3. The predicted octanol–water partition coefficient (Wildman–Crippen LogP) is 2.32. The average Bonchev–Trinajstić information content (AvgIpc) is 2.99. The van der Waals surface area contributed by atoms with Crippen molar-refractivity contribution < 1.29 is 18.0 Å². The van der Waals surface area contributed by atoms with Gasteiger partial charge in [0, 0.05) is 36.6 Å². The fourth-order valence-corrected chi connectivity index (χ4v) is 3.40. The van der Waals surface area contributed by atoms with Gasteiger partial charge in [-0.1, -0.05) is 0 Å². The number of likely N-dealkylation sites (N-methyl/N-ethyl adjacent to an activating group) is 1. The van der Waals surface area contributed by atoms with E-state index in [9.17, 15) is 13.6 Å². The molecule has 1 aromatic carbocycles. The molecule has 30 heavy (non-hydrogen) atoms. The molecule has 0 bridgehead atoms. The number of alkyl halides is 1. The number of aliphatic imine (C=N–C) groups is 1. The summed E-state index contributed by atoms with van der Waals surface area (Å²) in [6, 6.07) is 7.55. The molecular formula is C20H15F3N6O. The van der Waals surface area contributed by atoms with E-state index in [1.165, 1.54) is 37.6 Å². The first kappa shape index (κ1) is 19.5. The van der Waals surface area contributed by atoms with Crippen LogP contribution in [0.3, 0.4) is 0 Å². The lowest BCUT2D eigenvalue weighted by molar-refractivity contribution is -0.129. The van der Waals surface area contributed by atoms with Gasteiger partial charge >= 0.3 is 0 Å². The molecule has 152 valence electrons. The van der Waals surface area contributed by atoms with Crippen LogP contribution in [-0.2, 0) is 17.0 Å². The largest absolute Gasteiger partial charge is 0.369 e. The van der Waals surface area contributed by atoms with E-state index >= 15 is 4.39 Å². The molecule has 2 N–H and O–H groups in total. The van der Waals surface area contributed by atoms with E-state index in [1.807, 2.05) is 0 Å². The maximum atomic E-state index is 15.1. The number of rotatable bonds is 4. The van der Waals surface area contributed by atoms with Gasteiger partial charge in [0.1, 0.15) is 18.3 Å². The molecule has 1 aliphatic rings. The second-order valence-corrected chi connectivity index (χ2v) is 6.63. The van der Waals surface area contributed by atoms with Crippen LogP contribution in [0, 0.1) is 11.6 Å². The second kappa shape index (κ2) is 7.21. The fourth-order valence-electron chi connectivity index (χ4n) is 3.40. The van der Waals surface area contributed by atoms with Crippen molar-refractivity contribution >= 4 is 11.9 Å². The summed E-state index contributed by atoms with van der Waals surface area (Å²) in [6.07, 6.45) is 2.69. The van der Waals surface area contributed by atoms with Gasteiger partial charge in [0.25, 0.3) is 5.91 Å². The van der Waals surface area contributed by atoms with E-state index in [4.69, 9.17) is 5.73 Å². The summed E-state index contributed by atoms with van der Waals surface area (Å²) in [7, 11) is 1.38. The molecule has 0 radical (unpaired) electrons. The van der Waals surface area contributed by atoms with Crippen LogP contribution in [0.5, 0.6) is 0 Å². The van der Waals surface area contributed by atoms with Crippen molar-refractivity contribution in [3.05, 3.63) is 77.2 Å². The Hall–Kier alpha value is -3.82. The lowest BCUT2D eigenvalue weighted by atomic mass is 9.81. The molecule has 7 nitrogen and oxygen atoms in total. The number of hydrogen-bond acceptors (Lipinski definition) is 6. The Morgan fingerprint density at radius 2 is 1.93 bits per heavy atom. The lowest BCUT2D eigenvalue weighted by Gasteiger charge is -2.27. The van der Waals surface area contributed by atoms with Crippen molar-refractivity contribution in [3.8, 4) is 11.3 Å². The van der Waals surface area contributed by atoms with Crippen molar-refractivity contribution in [2.24, 2.45) is 10.7 Å². The van der Waals surface area contributed by atoms with Gasteiger partial charge in [-0.15, -0.1) is 0 Å². The molecule has 0 saturated heterocycles. The topological polar surface area (TPSA) is 97.4 Å². The number of carbonyl (C=O) groups is 1. The highest BCUT2D eigenvalue weighted by Crippen LogP contribution is 2.42. The highest BCUT2D eigenvalue weighted by molar-refractivity contribution is 6.09. The molecule has 2 aromatic heterocycles. The van der Waals surface area contributed by atoms with E-state index in [0.29, 0.717) is 6.07 Å². The number of hydrogen-bond donors (Lipinski definition) is 1. The van der Waals surface area contributed by atoms with Gasteiger partial charge in [0.05, 0.1) is 11.4 Å². The second-order valence-electron chi connectivity index (χ2n) is 6.63. The summed E-state index contributed by atoms with van der Waals surface area (Å²) < 4.78 is 42.9. The first-order chi connectivity index (χ1) is 14.4. The van der Waals surface area contributed by atoms with Crippen molar-refractivity contribution in [1.29, 1.82) is 0 Å². The van der Waals surface area contributed by atoms with Crippen LogP contribution in [-0.4, -0.2) is 39.0 Å². The third-order valence-electron chi connectivity index (χ3n) is 4.91. The smallest absolute Gasteiger partial charge is 0.266 e. The summed E-state index contributed by atoms with van der Waals surface area (Å²) in [5, 5.41) is 7.56. The number of guanidine groups is 1. The van der Waals surface area contributed by atoms with Crippen LogP contribution in [0.25, 0.3) is 11.3 Å². The molecule has 4 rings (SSSR count). The quantitative estimate of drug-likeness (QED) is 0.709. The molecule has 10 heteroatoms. The minimum Gasteiger partial charge on any atom is -0.369 e. The van der Waals surface area contributed by atoms with Crippen LogP contribution in [0.15, 0.2) is 53.8 Å². The fraction of sp³-hybridized carbons (Fsp3) is 0.150. The van der Waals surface area contributed by atoms with Gasteiger partial charge in [-0.3, -0.25) is 14.7 Å². The van der Waals surface area contributed by atoms with Crippen LogP contribution in [0.4, 0.5) is 13.2 Å². The number of benzene rings is 1. The molecular weight excluding hydrogens is 397 g/mol. The van der Waals surface area contributed by atoms with Gasteiger partial charge in [-0.25, -0.2) is 18.2 Å². The number of nitrogens with zero attached hydrogens (tertiary/aromatic N) is 5. The summed E-state index contributed by atoms with van der Waals surface area (Å²) in [5.41, 5.74) is 3.89. The van der Waals surface area contributed by atoms with E-state index in [-0.39, 0.29) is 34.0 Å². The monoisotopic (exact) mass is 412 g/mol. The Labute approximate surface area is 169 Å². The van der Waals surface area contributed by atoms with Crippen molar-refractivity contribution in [2.45, 2.75) is 12.2 Å². The number of halogens is 3. The standard InChI is InChI=1S/C20H15F3N6O/c1-29-18(30)20(27-19(29)24,11-4-6-25-12(7-11)10-21)14-8-13(15(22)9-16(14)23)17-3-2-5-26-28-17/h2-9H,10H2,1H3,(H2,24,27). The summed E-state index contributed by atoms with van der Waals surface area (Å²) in [5.74, 6) is -2.74. The predicted molar refractivity (Wildman–Crippen MR) is 102 cm³/mol. The van der Waals surface area contributed by atoms with Crippen LogP contribution < -0.4 is 5.73 Å². The van der Waals surface area contributed by atoms with Crippen LogP contribution in [0.1, 0.15) is 16.8 Å². The molecule has 0 aliphatic carbocycles. The van der Waals surface area contributed by atoms with Crippen LogP contribution >= 0.6 is 0 Å². The van der Waals surface area contributed by atoms with Crippen molar-refractivity contribution in [2.75, 3.05) is 7.05 Å². The molecule has 3 heterocycles. The highest BCUT2D eigenvalue weighted by Gasteiger charge is 2.51. The number of amides is 1. The first-order valence-corrected chi connectivity index (χ1v) is 8.81. The number of pyridine rings is 1. The number of carbonyl (C=O) groups excluding carboxylic acids is 1. The zero-order valence-electron chi connectivity index (χ0n) is 15.7. The normalized spacial score (nSPS) is 18.6. The SMILES string of the molecule is CN1C(=O)C(c2ccnc(CF)c2)(c2cc(-c3cccnn3)c(F)cc2F)N=C1N. The van der Waals surface area contributed by atoms with Gasteiger partial charge in [-0.2, -0.15) is 10.2 Å². The molecule has 1 atom stereocenters. The third-order valence-corrected chi connectivity index (χ3v) is 4.91. The Kier molecular flexibility index (Phi) is 4.69. The zero-order valence-corrected chi connectivity index (χ0v) is 15.7. The minimum absolute atomic E-state index is 0.0275. The summed E-state index contributed by atoms with van der Waals surface area (Å²) >= 11 is 0. The molecule has 0 spiro atoms. The maximum absolute atomic E-state index is 15.1.